The standard InChI is InChI=1S/C19H20ClNO5/c1-11-5-6-13(15(20)7-11)12-8-14(18(24)25)17(23)21(9-12)10-16(22)26-19(2,3)4/h5-9H,10H2,1-4H3,(H,24,25). The number of carbonyl (C=O) groups is 2. The Kier molecular flexibility index (Phi) is 5.56. The molecule has 138 valence electrons. The van der Waals surface area contributed by atoms with Crippen LogP contribution >= 0.6 is 11.6 Å². The fourth-order valence-corrected chi connectivity index (χ4v) is 2.77. The summed E-state index contributed by atoms with van der Waals surface area (Å²) in [6.07, 6.45) is 1.41. The third kappa shape index (κ3) is 4.73. The summed E-state index contributed by atoms with van der Waals surface area (Å²) in [5.74, 6) is -2.01. The van der Waals surface area contributed by atoms with Crippen LogP contribution in [0.1, 0.15) is 36.7 Å². The summed E-state index contributed by atoms with van der Waals surface area (Å²) < 4.78 is 6.24. The zero-order valence-electron chi connectivity index (χ0n) is 15.0. The van der Waals surface area contributed by atoms with Crippen LogP contribution in [0.5, 0.6) is 0 Å². The van der Waals surface area contributed by atoms with Gasteiger partial charge < -0.3 is 14.4 Å². The first-order chi connectivity index (χ1) is 12.0. The lowest BCUT2D eigenvalue weighted by Gasteiger charge is -2.20. The van der Waals surface area contributed by atoms with E-state index in [1.54, 1.807) is 32.9 Å². The van der Waals surface area contributed by atoms with Crippen LogP contribution in [-0.2, 0) is 16.1 Å². The molecule has 2 rings (SSSR count). The van der Waals surface area contributed by atoms with Crippen LogP contribution in [0, 0.1) is 6.92 Å². The summed E-state index contributed by atoms with van der Waals surface area (Å²) in [5.41, 5.74) is -0.000582. The zero-order valence-corrected chi connectivity index (χ0v) is 15.8. The Hall–Kier alpha value is -2.60. The number of esters is 1. The summed E-state index contributed by atoms with van der Waals surface area (Å²) in [6, 6.07) is 6.55. The molecule has 0 saturated carbocycles. The van der Waals surface area contributed by atoms with E-state index in [0.717, 1.165) is 10.1 Å². The molecule has 0 amide bonds. The molecule has 7 heteroatoms. The van der Waals surface area contributed by atoms with Crippen LogP contribution in [0.2, 0.25) is 5.02 Å². The van der Waals surface area contributed by atoms with Gasteiger partial charge in [0, 0.05) is 22.3 Å². The lowest BCUT2D eigenvalue weighted by Crippen LogP contribution is -2.32. The highest BCUT2D eigenvalue weighted by molar-refractivity contribution is 6.33. The molecular weight excluding hydrogens is 358 g/mol. The summed E-state index contributed by atoms with van der Waals surface area (Å²) in [6.45, 7) is 6.60. The Labute approximate surface area is 156 Å². The number of aromatic carboxylic acids is 1. The van der Waals surface area contributed by atoms with Crippen molar-refractivity contribution in [2.24, 2.45) is 0 Å². The monoisotopic (exact) mass is 377 g/mol. The third-order valence-corrected chi connectivity index (χ3v) is 3.78. The van der Waals surface area contributed by atoms with Crippen LogP contribution in [0.15, 0.2) is 35.3 Å². The molecule has 0 aliphatic heterocycles. The molecule has 0 fully saturated rings. The van der Waals surface area contributed by atoms with Crippen molar-refractivity contribution >= 4 is 23.5 Å². The third-order valence-electron chi connectivity index (χ3n) is 3.47. The largest absolute Gasteiger partial charge is 0.477 e. The second kappa shape index (κ2) is 7.33. The van der Waals surface area contributed by atoms with Crippen molar-refractivity contribution in [2.75, 3.05) is 0 Å². The number of rotatable bonds is 4. The maximum absolute atomic E-state index is 12.4. The minimum Gasteiger partial charge on any atom is -0.477 e. The van der Waals surface area contributed by atoms with Gasteiger partial charge in [-0.05, 0) is 45.4 Å². The van der Waals surface area contributed by atoms with Gasteiger partial charge in [0.25, 0.3) is 5.56 Å². The van der Waals surface area contributed by atoms with Crippen LogP contribution in [0.3, 0.4) is 0 Å². The van der Waals surface area contributed by atoms with Gasteiger partial charge in [-0.15, -0.1) is 0 Å². The van der Waals surface area contributed by atoms with Gasteiger partial charge in [0.15, 0.2) is 0 Å². The van der Waals surface area contributed by atoms with E-state index < -0.39 is 35.2 Å². The summed E-state index contributed by atoms with van der Waals surface area (Å²) in [4.78, 5) is 35.9. The van der Waals surface area contributed by atoms with Crippen molar-refractivity contribution in [2.45, 2.75) is 39.8 Å². The van der Waals surface area contributed by atoms with Crippen molar-refractivity contribution in [1.82, 2.24) is 4.57 Å². The number of halogens is 1. The minimum atomic E-state index is -1.38. The number of hydrogen-bond donors (Lipinski definition) is 1. The highest BCUT2D eigenvalue weighted by Crippen LogP contribution is 2.28. The number of aryl methyl sites for hydroxylation is 1. The lowest BCUT2D eigenvalue weighted by atomic mass is 10.0. The van der Waals surface area contributed by atoms with E-state index in [-0.39, 0.29) is 0 Å². The van der Waals surface area contributed by atoms with Crippen molar-refractivity contribution in [3.05, 3.63) is 57.0 Å². The fourth-order valence-electron chi connectivity index (χ4n) is 2.42. The number of aromatic nitrogens is 1. The first kappa shape index (κ1) is 19.7. The number of carboxylic acids is 1. The predicted octanol–water partition coefficient (Wildman–Crippen LogP) is 3.52. The minimum absolute atomic E-state index is 0.395. The highest BCUT2D eigenvalue weighted by Gasteiger charge is 2.20. The molecule has 0 radical (unpaired) electrons. The number of ether oxygens (including phenoxy) is 1. The van der Waals surface area contributed by atoms with E-state index in [2.05, 4.69) is 0 Å². The van der Waals surface area contributed by atoms with Gasteiger partial charge in [-0.3, -0.25) is 9.59 Å². The molecule has 0 saturated heterocycles. The normalized spacial score (nSPS) is 11.3. The van der Waals surface area contributed by atoms with E-state index in [0.29, 0.717) is 16.1 Å². The molecule has 26 heavy (non-hydrogen) atoms. The molecule has 0 unspecified atom stereocenters. The quantitative estimate of drug-likeness (QED) is 0.824. The fraction of sp³-hybridized carbons (Fsp3) is 0.316. The lowest BCUT2D eigenvalue weighted by molar-refractivity contribution is -0.155. The molecule has 6 nitrogen and oxygen atoms in total. The van der Waals surface area contributed by atoms with Gasteiger partial charge in [-0.1, -0.05) is 23.7 Å². The number of benzene rings is 1. The summed E-state index contributed by atoms with van der Waals surface area (Å²) in [7, 11) is 0. The molecule has 1 heterocycles. The van der Waals surface area contributed by atoms with Crippen LogP contribution < -0.4 is 5.56 Å². The van der Waals surface area contributed by atoms with E-state index in [9.17, 15) is 19.5 Å². The van der Waals surface area contributed by atoms with Gasteiger partial charge in [-0.25, -0.2) is 4.79 Å². The average Bonchev–Trinajstić information content (AvgIpc) is 2.47. The van der Waals surface area contributed by atoms with Crippen LogP contribution in [-0.4, -0.2) is 27.2 Å². The average molecular weight is 378 g/mol. The van der Waals surface area contributed by atoms with Gasteiger partial charge in [0.2, 0.25) is 0 Å². The van der Waals surface area contributed by atoms with Crippen LogP contribution in [0.4, 0.5) is 0 Å². The van der Waals surface area contributed by atoms with Gasteiger partial charge >= 0.3 is 11.9 Å². The first-order valence-corrected chi connectivity index (χ1v) is 8.32. The number of carbonyl (C=O) groups excluding carboxylic acids is 1. The predicted molar refractivity (Wildman–Crippen MR) is 98.7 cm³/mol. The Balaban J connectivity index is 2.55. The SMILES string of the molecule is Cc1ccc(-c2cc(C(=O)O)c(=O)n(CC(=O)OC(C)(C)C)c2)c(Cl)c1. The molecule has 0 atom stereocenters. The number of nitrogens with zero attached hydrogens (tertiary/aromatic N) is 1. The Bertz CT molecular complexity index is 925. The topological polar surface area (TPSA) is 85.6 Å². The van der Waals surface area contributed by atoms with Gasteiger partial charge in [0.05, 0.1) is 0 Å². The molecule has 1 aromatic heterocycles. The second-order valence-corrected chi connectivity index (χ2v) is 7.36. The van der Waals surface area contributed by atoms with Crippen molar-refractivity contribution < 1.29 is 19.4 Å². The highest BCUT2D eigenvalue weighted by atomic mass is 35.5. The number of carboxylic acid groups (broad SMARTS) is 1. The maximum Gasteiger partial charge on any atom is 0.341 e. The van der Waals surface area contributed by atoms with E-state index >= 15 is 0 Å². The maximum atomic E-state index is 12.4. The van der Waals surface area contributed by atoms with E-state index in [1.807, 2.05) is 13.0 Å². The number of pyridine rings is 1. The Morgan fingerprint density at radius 2 is 1.88 bits per heavy atom. The molecule has 1 N–H and O–H groups in total. The molecule has 1 aromatic carbocycles. The number of hydrogen-bond acceptors (Lipinski definition) is 4. The molecule has 0 bridgehead atoms. The smallest absolute Gasteiger partial charge is 0.341 e. The van der Waals surface area contributed by atoms with Crippen molar-refractivity contribution in [3.63, 3.8) is 0 Å². The van der Waals surface area contributed by atoms with Crippen molar-refractivity contribution in [1.29, 1.82) is 0 Å². The van der Waals surface area contributed by atoms with Crippen molar-refractivity contribution in [3.8, 4) is 11.1 Å². The molecule has 0 aliphatic carbocycles. The van der Waals surface area contributed by atoms with Gasteiger partial charge in [0.1, 0.15) is 17.7 Å². The summed E-state index contributed by atoms with van der Waals surface area (Å²) in [5, 5.41) is 9.75. The molecule has 0 spiro atoms. The first-order valence-electron chi connectivity index (χ1n) is 7.94. The molecule has 2 aromatic rings. The van der Waals surface area contributed by atoms with E-state index in [1.165, 1.54) is 12.3 Å². The van der Waals surface area contributed by atoms with E-state index in [4.69, 9.17) is 16.3 Å². The Morgan fingerprint density at radius 3 is 2.42 bits per heavy atom. The second-order valence-electron chi connectivity index (χ2n) is 6.95. The Morgan fingerprint density at radius 1 is 1.23 bits per heavy atom. The molecular formula is C19H20ClNO5. The van der Waals surface area contributed by atoms with Crippen LogP contribution in [0.25, 0.3) is 11.1 Å². The summed E-state index contributed by atoms with van der Waals surface area (Å²) >= 11 is 6.25. The van der Waals surface area contributed by atoms with Gasteiger partial charge in [-0.2, -0.15) is 0 Å². The molecule has 0 aliphatic rings. The zero-order chi connectivity index (χ0) is 19.6.